The Balaban J connectivity index is 2.64. The van der Waals surface area contributed by atoms with Gasteiger partial charge in [0.2, 0.25) is 0 Å². The van der Waals surface area contributed by atoms with E-state index in [2.05, 4.69) is 30.3 Å². The van der Waals surface area contributed by atoms with Crippen LogP contribution >= 0.6 is 0 Å². The number of ether oxygens (including phenoxy) is 1. The van der Waals surface area contributed by atoms with Crippen molar-refractivity contribution in [2.75, 3.05) is 13.7 Å². The fourth-order valence-electron chi connectivity index (χ4n) is 1.95. The average molecular weight is 245 g/mol. The first-order valence-corrected chi connectivity index (χ1v) is 6.62. The predicted molar refractivity (Wildman–Crippen MR) is 76.7 cm³/mol. The first-order valence-electron chi connectivity index (χ1n) is 6.62. The van der Waals surface area contributed by atoms with Crippen molar-refractivity contribution in [1.29, 1.82) is 0 Å². The fraction of sp³-hybridized carbons (Fsp3) is 0.500. The van der Waals surface area contributed by atoms with Gasteiger partial charge in [-0.1, -0.05) is 19.1 Å². The number of hydrogen-bond donors (Lipinski definition) is 1. The monoisotopic (exact) mass is 245 g/mol. The van der Waals surface area contributed by atoms with Crippen molar-refractivity contribution in [2.45, 2.75) is 38.6 Å². The van der Waals surface area contributed by atoms with E-state index in [0.29, 0.717) is 6.04 Å². The van der Waals surface area contributed by atoms with E-state index >= 15 is 0 Å². The van der Waals surface area contributed by atoms with E-state index in [4.69, 9.17) is 11.2 Å². The Morgan fingerprint density at radius 3 is 2.61 bits per heavy atom. The summed E-state index contributed by atoms with van der Waals surface area (Å²) >= 11 is 0. The molecular formula is C16H23NO. The van der Waals surface area contributed by atoms with E-state index in [1.54, 1.807) is 7.11 Å². The summed E-state index contributed by atoms with van der Waals surface area (Å²) in [7, 11) is 1.69. The summed E-state index contributed by atoms with van der Waals surface area (Å²) in [5.41, 5.74) is 1.31. The first-order chi connectivity index (χ1) is 8.81. The summed E-state index contributed by atoms with van der Waals surface area (Å²) in [5.74, 6) is 3.60. The molecule has 0 aliphatic heterocycles. The molecule has 0 heterocycles. The van der Waals surface area contributed by atoms with Crippen LogP contribution in [0.15, 0.2) is 24.3 Å². The minimum Gasteiger partial charge on any atom is -0.497 e. The SMILES string of the molecule is C#CCCCC(NCCC)c1ccc(OC)cc1. The van der Waals surface area contributed by atoms with Crippen LogP contribution in [0.2, 0.25) is 0 Å². The normalized spacial score (nSPS) is 11.8. The van der Waals surface area contributed by atoms with Gasteiger partial charge in [0, 0.05) is 12.5 Å². The maximum atomic E-state index is 5.30. The predicted octanol–water partition coefficient (Wildman–Crippen LogP) is 3.54. The van der Waals surface area contributed by atoms with E-state index in [-0.39, 0.29) is 0 Å². The van der Waals surface area contributed by atoms with Crippen molar-refractivity contribution in [1.82, 2.24) is 5.32 Å². The molecule has 1 N–H and O–H groups in total. The van der Waals surface area contributed by atoms with Crippen molar-refractivity contribution in [3.63, 3.8) is 0 Å². The number of hydrogen-bond acceptors (Lipinski definition) is 2. The van der Waals surface area contributed by atoms with E-state index in [1.807, 2.05) is 12.1 Å². The van der Waals surface area contributed by atoms with Gasteiger partial charge in [0.1, 0.15) is 5.75 Å². The van der Waals surface area contributed by atoms with Gasteiger partial charge in [-0.3, -0.25) is 0 Å². The third-order valence-electron chi connectivity index (χ3n) is 2.97. The molecular weight excluding hydrogens is 222 g/mol. The van der Waals surface area contributed by atoms with Crippen LogP contribution in [0.25, 0.3) is 0 Å². The van der Waals surface area contributed by atoms with E-state index < -0.39 is 0 Å². The Bertz CT molecular complexity index is 364. The van der Waals surface area contributed by atoms with E-state index in [0.717, 1.165) is 38.0 Å². The van der Waals surface area contributed by atoms with E-state index in [9.17, 15) is 0 Å². The molecule has 2 nitrogen and oxygen atoms in total. The summed E-state index contributed by atoms with van der Waals surface area (Å²) < 4.78 is 5.18. The second kappa shape index (κ2) is 8.60. The van der Waals surface area contributed by atoms with Gasteiger partial charge in [-0.05, 0) is 43.5 Å². The zero-order valence-corrected chi connectivity index (χ0v) is 11.4. The molecule has 0 amide bonds. The lowest BCUT2D eigenvalue weighted by Gasteiger charge is -2.19. The van der Waals surface area contributed by atoms with Gasteiger partial charge in [0.25, 0.3) is 0 Å². The van der Waals surface area contributed by atoms with Crippen molar-refractivity contribution in [3.8, 4) is 18.1 Å². The van der Waals surface area contributed by atoms with Crippen molar-refractivity contribution >= 4 is 0 Å². The maximum Gasteiger partial charge on any atom is 0.118 e. The Morgan fingerprint density at radius 2 is 2.06 bits per heavy atom. The van der Waals surface area contributed by atoms with E-state index in [1.165, 1.54) is 5.56 Å². The number of methoxy groups -OCH3 is 1. The Morgan fingerprint density at radius 1 is 1.33 bits per heavy atom. The topological polar surface area (TPSA) is 21.3 Å². The third-order valence-corrected chi connectivity index (χ3v) is 2.97. The summed E-state index contributed by atoms with van der Waals surface area (Å²) in [5, 5.41) is 3.57. The first kappa shape index (κ1) is 14.6. The van der Waals surface area contributed by atoms with Gasteiger partial charge >= 0.3 is 0 Å². The molecule has 0 aliphatic carbocycles. The smallest absolute Gasteiger partial charge is 0.118 e. The molecule has 1 aromatic carbocycles. The van der Waals surface area contributed by atoms with Gasteiger partial charge in [-0.15, -0.1) is 12.3 Å². The Labute approximate surface area is 111 Å². The molecule has 18 heavy (non-hydrogen) atoms. The van der Waals surface area contributed by atoms with Crippen LogP contribution in [0.4, 0.5) is 0 Å². The van der Waals surface area contributed by atoms with Crippen LogP contribution in [0.1, 0.15) is 44.2 Å². The quantitative estimate of drug-likeness (QED) is 0.559. The second-order valence-electron chi connectivity index (χ2n) is 4.38. The number of rotatable bonds is 8. The molecule has 0 aromatic heterocycles. The molecule has 0 radical (unpaired) electrons. The molecule has 0 saturated heterocycles. The highest BCUT2D eigenvalue weighted by atomic mass is 16.5. The molecule has 1 rings (SSSR count). The molecule has 1 aromatic rings. The molecule has 0 spiro atoms. The number of benzene rings is 1. The zero-order valence-electron chi connectivity index (χ0n) is 11.4. The van der Waals surface area contributed by atoms with Crippen LogP contribution in [0, 0.1) is 12.3 Å². The van der Waals surface area contributed by atoms with Crippen LogP contribution in [0.3, 0.4) is 0 Å². The Kier molecular flexibility index (Phi) is 6.98. The summed E-state index contributed by atoms with van der Waals surface area (Å²) in [6, 6.07) is 8.67. The van der Waals surface area contributed by atoms with Crippen molar-refractivity contribution in [2.24, 2.45) is 0 Å². The average Bonchev–Trinajstić information content (AvgIpc) is 2.43. The molecule has 0 bridgehead atoms. The van der Waals surface area contributed by atoms with Crippen molar-refractivity contribution < 1.29 is 4.74 Å². The minimum absolute atomic E-state index is 0.393. The number of terminal acetylenes is 1. The van der Waals surface area contributed by atoms with Crippen LogP contribution in [0.5, 0.6) is 5.75 Å². The fourth-order valence-corrected chi connectivity index (χ4v) is 1.95. The molecule has 0 saturated carbocycles. The summed E-state index contributed by atoms with van der Waals surface area (Å²) in [4.78, 5) is 0. The van der Waals surface area contributed by atoms with Gasteiger partial charge in [-0.2, -0.15) is 0 Å². The van der Waals surface area contributed by atoms with Gasteiger partial charge in [-0.25, -0.2) is 0 Å². The third kappa shape index (κ3) is 4.81. The van der Waals surface area contributed by atoms with Crippen LogP contribution < -0.4 is 10.1 Å². The minimum atomic E-state index is 0.393. The molecule has 1 unspecified atom stereocenters. The lowest BCUT2D eigenvalue weighted by Crippen LogP contribution is -2.22. The Hall–Kier alpha value is -1.46. The molecule has 2 heteroatoms. The largest absolute Gasteiger partial charge is 0.497 e. The standard InChI is InChI=1S/C16H23NO/c1-4-6-7-8-16(17-13-5-2)14-9-11-15(18-3)12-10-14/h1,9-12,16-17H,5-8,13H2,2-3H3. The molecule has 98 valence electrons. The molecule has 0 aliphatic rings. The van der Waals surface area contributed by atoms with Gasteiger partial charge < -0.3 is 10.1 Å². The highest BCUT2D eigenvalue weighted by Gasteiger charge is 2.09. The number of unbranched alkanes of at least 4 members (excludes halogenated alkanes) is 1. The summed E-state index contributed by atoms with van der Waals surface area (Å²) in [6.45, 7) is 3.21. The zero-order chi connectivity index (χ0) is 13.2. The molecule has 0 fully saturated rings. The van der Waals surface area contributed by atoms with Gasteiger partial charge in [0.05, 0.1) is 7.11 Å². The molecule has 1 atom stereocenters. The number of nitrogens with one attached hydrogen (secondary N) is 1. The second-order valence-corrected chi connectivity index (χ2v) is 4.38. The van der Waals surface area contributed by atoms with Gasteiger partial charge in [0.15, 0.2) is 0 Å². The highest BCUT2D eigenvalue weighted by Crippen LogP contribution is 2.22. The summed E-state index contributed by atoms with van der Waals surface area (Å²) in [6.07, 6.45) is 9.43. The highest BCUT2D eigenvalue weighted by molar-refractivity contribution is 5.29. The van der Waals surface area contributed by atoms with Crippen LogP contribution in [-0.2, 0) is 0 Å². The van der Waals surface area contributed by atoms with Crippen molar-refractivity contribution in [3.05, 3.63) is 29.8 Å². The lowest BCUT2D eigenvalue weighted by atomic mass is 10.0. The van der Waals surface area contributed by atoms with Crippen LogP contribution in [-0.4, -0.2) is 13.7 Å². The lowest BCUT2D eigenvalue weighted by molar-refractivity contribution is 0.414. The maximum absolute atomic E-state index is 5.30.